The Hall–Kier alpha value is -1.65. The van der Waals surface area contributed by atoms with Crippen molar-refractivity contribution in [3.63, 3.8) is 0 Å². The number of carboxylic acids is 1. The molecule has 0 bridgehead atoms. The predicted octanol–water partition coefficient (Wildman–Crippen LogP) is 1.67. The van der Waals surface area contributed by atoms with Gasteiger partial charge in [0.25, 0.3) is 0 Å². The van der Waals surface area contributed by atoms with Gasteiger partial charge in [-0.05, 0) is 26.7 Å². The molecule has 0 fully saturated rings. The molecule has 1 aromatic heterocycles. The summed E-state index contributed by atoms with van der Waals surface area (Å²) < 4.78 is 1.72. The number of carbonyl (C=O) groups is 1. The lowest BCUT2D eigenvalue weighted by atomic mass is 10.1. The van der Waals surface area contributed by atoms with Crippen LogP contribution in [0.15, 0.2) is 12.2 Å². The summed E-state index contributed by atoms with van der Waals surface area (Å²) >= 11 is 0. The fourth-order valence-electron chi connectivity index (χ4n) is 2.08. The normalized spacial score (nSPS) is 17.9. The Morgan fingerprint density at radius 3 is 2.69 bits per heavy atom. The minimum atomic E-state index is -0.852. The van der Waals surface area contributed by atoms with E-state index in [9.17, 15) is 4.79 Å². The van der Waals surface area contributed by atoms with Gasteiger partial charge in [0.15, 0.2) is 0 Å². The maximum Gasteiger partial charge on any atom is 0.326 e. The molecule has 1 atom stereocenters. The first-order valence-electron chi connectivity index (χ1n) is 5.40. The molecule has 16 heavy (non-hydrogen) atoms. The number of carboxylic acid groups (broad SMARTS) is 1. The van der Waals surface area contributed by atoms with Crippen LogP contribution in [0.1, 0.15) is 43.4 Å². The Morgan fingerprint density at radius 2 is 2.12 bits per heavy atom. The Bertz CT molecular complexity index is 428. The lowest BCUT2D eigenvalue weighted by Gasteiger charge is -2.16. The van der Waals surface area contributed by atoms with Crippen LogP contribution >= 0.6 is 0 Å². The molecule has 1 unspecified atom stereocenters. The summed E-state index contributed by atoms with van der Waals surface area (Å²) in [6.07, 6.45) is 6.05. The van der Waals surface area contributed by atoms with E-state index in [0.717, 1.165) is 18.7 Å². The van der Waals surface area contributed by atoms with Gasteiger partial charge in [-0.15, -0.1) is 10.2 Å². The molecule has 86 valence electrons. The summed E-state index contributed by atoms with van der Waals surface area (Å²) in [6.45, 7) is 3.45. The van der Waals surface area contributed by atoms with Gasteiger partial charge in [-0.1, -0.05) is 12.2 Å². The average Bonchev–Trinajstić information content (AvgIpc) is 2.84. The highest BCUT2D eigenvalue weighted by Crippen LogP contribution is 2.29. The molecule has 1 aromatic rings. The van der Waals surface area contributed by atoms with E-state index in [1.165, 1.54) is 0 Å². The van der Waals surface area contributed by atoms with Crippen LogP contribution in [-0.4, -0.2) is 25.8 Å². The van der Waals surface area contributed by atoms with Crippen LogP contribution in [0.2, 0.25) is 0 Å². The highest BCUT2D eigenvalue weighted by molar-refractivity contribution is 5.71. The average molecular weight is 221 g/mol. The van der Waals surface area contributed by atoms with Crippen molar-refractivity contribution in [2.24, 2.45) is 0 Å². The van der Waals surface area contributed by atoms with Crippen molar-refractivity contribution in [1.29, 1.82) is 0 Å². The number of aromatic nitrogens is 3. The number of hydrogen-bond donors (Lipinski definition) is 1. The fraction of sp³-hybridized carbons (Fsp3) is 0.545. The molecule has 0 spiro atoms. The smallest absolute Gasteiger partial charge is 0.326 e. The summed E-state index contributed by atoms with van der Waals surface area (Å²) in [5.74, 6) is 0.882. The summed E-state index contributed by atoms with van der Waals surface area (Å²) in [7, 11) is 0. The van der Waals surface area contributed by atoms with Crippen LogP contribution in [0.5, 0.6) is 0 Å². The predicted molar refractivity (Wildman–Crippen MR) is 58.2 cm³/mol. The molecule has 5 heteroatoms. The number of aliphatic carboxylic acids is 1. The van der Waals surface area contributed by atoms with E-state index in [0.29, 0.717) is 5.82 Å². The van der Waals surface area contributed by atoms with Crippen molar-refractivity contribution < 1.29 is 9.90 Å². The maximum atomic E-state index is 11.0. The summed E-state index contributed by atoms with van der Waals surface area (Å²) in [4.78, 5) is 11.0. The molecule has 1 aliphatic rings. The standard InChI is InChI=1S/C11H15N3O2/c1-7(11(15)16)14-8(2)12-13-10(14)9-5-3-4-6-9/h3-4,7,9H,5-6H2,1-2H3,(H,15,16). The number of aryl methyl sites for hydroxylation is 1. The molecule has 0 aliphatic heterocycles. The number of rotatable bonds is 3. The van der Waals surface area contributed by atoms with Gasteiger partial charge in [0.2, 0.25) is 0 Å². The third-order valence-corrected chi connectivity index (χ3v) is 3.01. The molecule has 0 radical (unpaired) electrons. The van der Waals surface area contributed by atoms with E-state index in [-0.39, 0.29) is 5.92 Å². The first kappa shape index (κ1) is 10.9. The third kappa shape index (κ3) is 1.73. The minimum absolute atomic E-state index is 0.281. The molecule has 0 saturated carbocycles. The number of nitrogens with zero attached hydrogens (tertiary/aromatic N) is 3. The summed E-state index contributed by atoms with van der Waals surface area (Å²) in [5.41, 5.74) is 0. The zero-order valence-electron chi connectivity index (χ0n) is 9.42. The van der Waals surface area contributed by atoms with Gasteiger partial charge in [0.1, 0.15) is 17.7 Å². The van der Waals surface area contributed by atoms with Crippen molar-refractivity contribution in [1.82, 2.24) is 14.8 Å². The highest BCUT2D eigenvalue weighted by Gasteiger charge is 2.25. The second-order valence-corrected chi connectivity index (χ2v) is 4.13. The lowest BCUT2D eigenvalue weighted by Crippen LogP contribution is -2.20. The zero-order valence-corrected chi connectivity index (χ0v) is 9.42. The first-order valence-corrected chi connectivity index (χ1v) is 5.40. The van der Waals surface area contributed by atoms with E-state index in [2.05, 4.69) is 22.3 Å². The second-order valence-electron chi connectivity index (χ2n) is 4.13. The molecule has 0 saturated heterocycles. The molecule has 1 aliphatic carbocycles. The molecule has 0 amide bonds. The second kappa shape index (κ2) is 4.08. The highest BCUT2D eigenvalue weighted by atomic mass is 16.4. The van der Waals surface area contributed by atoms with Crippen LogP contribution in [0, 0.1) is 6.92 Å². The Kier molecular flexibility index (Phi) is 2.77. The third-order valence-electron chi connectivity index (χ3n) is 3.01. The van der Waals surface area contributed by atoms with Crippen molar-refractivity contribution >= 4 is 5.97 Å². The minimum Gasteiger partial charge on any atom is -0.480 e. The summed E-state index contributed by atoms with van der Waals surface area (Å²) in [6, 6.07) is -0.606. The van der Waals surface area contributed by atoms with Crippen LogP contribution in [0.4, 0.5) is 0 Å². The Morgan fingerprint density at radius 1 is 1.50 bits per heavy atom. The zero-order chi connectivity index (χ0) is 11.7. The van der Waals surface area contributed by atoms with E-state index < -0.39 is 12.0 Å². The lowest BCUT2D eigenvalue weighted by molar-refractivity contribution is -0.140. The SMILES string of the molecule is Cc1nnc(C2CC=CC2)n1C(C)C(=O)O. The van der Waals surface area contributed by atoms with Gasteiger partial charge < -0.3 is 9.67 Å². The molecule has 1 N–H and O–H groups in total. The molecule has 0 aromatic carbocycles. The Balaban J connectivity index is 2.35. The molecular weight excluding hydrogens is 206 g/mol. The Labute approximate surface area is 93.8 Å². The van der Waals surface area contributed by atoms with E-state index in [1.54, 1.807) is 18.4 Å². The van der Waals surface area contributed by atoms with Crippen LogP contribution in [0.3, 0.4) is 0 Å². The molecule has 2 rings (SSSR count). The van der Waals surface area contributed by atoms with Crippen molar-refractivity contribution in [3.05, 3.63) is 23.8 Å². The number of allylic oxidation sites excluding steroid dienone is 2. The van der Waals surface area contributed by atoms with Crippen LogP contribution in [-0.2, 0) is 4.79 Å². The van der Waals surface area contributed by atoms with Gasteiger partial charge in [-0.25, -0.2) is 4.79 Å². The fourth-order valence-corrected chi connectivity index (χ4v) is 2.08. The number of hydrogen-bond acceptors (Lipinski definition) is 3. The molecule has 1 heterocycles. The van der Waals surface area contributed by atoms with Gasteiger partial charge >= 0.3 is 5.97 Å². The van der Waals surface area contributed by atoms with Crippen LogP contribution in [0.25, 0.3) is 0 Å². The van der Waals surface area contributed by atoms with Crippen molar-refractivity contribution in [2.75, 3.05) is 0 Å². The van der Waals surface area contributed by atoms with E-state index in [1.807, 2.05) is 0 Å². The molecular formula is C11H15N3O2. The van der Waals surface area contributed by atoms with Crippen molar-refractivity contribution in [2.45, 2.75) is 38.6 Å². The topological polar surface area (TPSA) is 68.0 Å². The summed E-state index contributed by atoms with van der Waals surface area (Å²) in [5, 5.41) is 17.2. The van der Waals surface area contributed by atoms with E-state index >= 15 is 0 Å². The molecule has 5 nitrogen and oxygen atoms in total. The van der Waals surface area contributed by atoms with Gasteiger partial charge in [0, 0.05) is 5.92 Å². The monoisotopic (exact) mass is 221 g/mol. The van der Waals surface area contributed by atoms with E-state index in [4.69, 9.17) is 5.11 Å². The van der Waals surface area contributed by atoms with Crippen molar-refractivity contribution in [3.8, 4) is 0 Å². The maximum absolute atomic E-state index is 11.0. The largest absolute Gasteiger partial charge is 0.480 e. The van der Waals surface area contributed by atoms with Gasteiger partial charge in [-0.2, -0.15) is 0 Å². The van der Waals surface area contributed by atoms with Gasteiger partial charge in [-0.3, -0.25) is 0 Å². The van der Waals surface area contributed by atoms with Crippen LogP contribution < -0.4 is 0 Å². The van der Waals surface area contributed by atoms with Gasteiger partial charge in [0.05, 0.1) is 0 Å². The first-order chi connectivity index (χ1) is 7.61. The quantitative estimate of drug-likeness (QED) is 0.788.